The third-order valence-electron chi connectivity index (χ3n) is 5.30. The van der Waals surface area contributed by atoms with Crippen LogP contribution in [0.25, 0.3) is 10.8 Å². The molecule has 2 saturated carbocycles. The third-order valence-corrected chi connectivity index (χ3v) is 5.30. The minimum Gasteiger partial charge on any atom is -0.313 e. The van der Waals surface area contributed by atoms with E-state index in [1.54, 1.807) is 0 Å². The van der Waals surface area contributed by atoms with Crippen molar-refractivity contribution in [1.82, 2.24) is 5.32 Å². The Morgan fingerprint density at radius 2 is 1.74 bits per heavy atom. The predicted molar refractivity (Wildman–Crippen MR) is 80.1 cm³/mol. The minimum absolute atomic E-state index is 0.555. The number of fused-ring (bicyclic) bond motifs is 2. The van der Waals surface area contributed by atoms with Crippen LogP contribution in [0.3, 0.4) is 0 Å². The van der Waals surface area contributed by atoms with Crippen molar-refractivity contribution in [3.8, 4) is 0 Å². The fraction of sp³-hybridized carbons (Fsp3) is 0.444. The maximum Gasteiger partial charge on any atom is 0.0351 e. The van der Waals surface area contributed by atoms with Crippen LogP contribution in [0.1, 0.15) is 30.9 Å². The summed E-state index contributed by atoms with van der Waals surface area (Å²) in [5.74, 6) is 2.90. The van der Waals surface area contributed by atoms with E-state index in [9.17, 15) is 0 Å². The van der Waals surface area contributed by atoms with Crippen molar-refractivity contribution in [1.29, 1.82) is 0 Å². The van der Waals surface area contributed by atoms with Crippen LogP contribution in [-0.4, -0.2) is 7.05 Å². The molecule has 0 amide bonds. The molecule has 1 heteroatoms. The Hall–Kier alpha value is -1.34. The first-order chi connectivity index (χ1) is 9.38. The molecular weight excluding hydrogens is 230 g/mol. The average molecular weight is 251 g/mol. The largest absolute Gasteiger partial charge is 0.313 e. The van der Waals surface area contributed by atoms with Crippen LogP contribution in [0, 0.1) is 17.8 Å². The first-order valence-electron chi connectivity index (χ1n) is 7.54. The third kappa shape index (κ3) is 1.80. The van der Waals surface area contributed by atoms with E-state index in [1.807, 2.05) is 0 Å². The molecule has 98 valence electrons. The summed E-state index contributed by atoms with van der Waals surface area (Å²) >= 11 is 0. The van der Waals surface area contributed by atoms with Gasteiger partial charge >= 0.3 is 0 Å². The maximum absolute atomic E-state index is 3.57. The van der Waals surface area contributed by atoms with Crippen LogP contribution in [0.15, 0.2) is 42.5 Å². The van der Waals surface area contributed by atoms with E-state index in [0.29, 0.717) is 6.04 Å². The van der Waals surface area contributed by atoms with Gasteiger partial charge in [-0.1, -0.05) is 42.8 Å². The van der Waals surface area contributed by atoms with Crippen LogP contribution in [0.2, 0.25) is 0 Å². The molecule has 3 unspecified atom stereocenters. The number of benzene rings is 2. The molecule has 2 aliphatic rings. The van der Waals surface area contributed by atoms with Gasteiger partial charge in [0.05, 0.1) is 0 Å². The maximum atomic E-state index is 3.57. The van der Waals surface area contributed by atoms with Crippen LogP contribution >= 0.6 is 0 Å². The molecule has 0 bridgehead atoms. The van der Waals surface area contributed by atoms with Gasteiger partial charge in [0.2, 0.25) is 0 Å². The Kier molecular flexibility index (Phi) is 2.63. The smallest absolute Gasteiger partial charge is 0.0351 e. The first kappa shape index (κ1) is 11.5. The van der Waals surface area contributed by atoms with Crippen molar-refractivity contribution in [2.24, 2.45) is 17.8 Å². The first-order valence-corrected chi connectivity index (χ1v) is 7.54. The van der Waals surface area contributed by atoms with Crippen molar-refractivity contribution in [3.05, 3.63) is 48.0 Å². The normalized spacial score (nSPS) is 30.3. The highest BCUT2D eigenvalue weighted by Crippen LogP contribution is 2.62. The fourth-order valence-electron chi connectivity index (χ4n) is 4.35. The van der Waals surface area contributed by atoms with Gasteiger partial charge in [-0.05, 0) is 60.0 Å². The van der Waals surface area contributed by atoms with Gasteiger partial charge in [-0.3, -0.25) is 0 Å². The molecule has 2 fully saturated rings. The van der Waals surface area contributed by atoms with Crippen LogP contribution in [0.5, 0.6) is 0 Å². The molecule has 4 rings (SSSR count). The van der Waals surface area contributed by atoms with Crippen molar-refractivity contribution in [2.75, 3.05) is 7.05 Å². The van der Waals surface area contributed by atoms with Crippen molar-refractivity contribution in [2.45, 2.75) is 25.3 Å². The minimum atomic E-state index is 0.555. The molecule has 2 aromatic carbocycles. The summed E-state index contributed by atoms with van der Waals surface area (Å²) in [6.07, 6.45) is 4.38. The Morgan fingerprint density at radius 1 is 1.00 bits per heavy atom. The molecule has 0 saturated heterocycles. The molecule has 1 nitrogen and oxygen atoms in total. The van der Waals surface area contributed by atoms with Crippen LogP contribution in [0.4, 0.5) is 0 Å². The van der Waals surface area contributed by atoms with E-state index >= 15 is 0 Å². The fourth-order valence-corrected chi connectivity index (χ4v) is 4.35. The standard InChI is InChI=1S/C18H21N/c1-19-18(17-15-7-4-8-16(15)17)14-10-9-12-5-2-3-6-13(12)11-14/h2-3,5-6,9-11,15-19H,4,7-8H2,1H3. The highest BCUT2D eigenvalue weighted by molar-refractivity contribution is 5.83. The lowest BCUT2D eigenvalue weighted by Crippen LogP contribution is -2.20. The zero-order valence-electron chi connectivity index (χ0n) is 11.5. The zero-order chi connectivity index (χ0) is 12.8. The summed E-state index contributed by atoms with van der Waals surface area (Å²) in [7, 11) is 2.12. The molecule has 0 heterocycles. The molecule has 2 aromatic rings. The summed E-state index contributed by atoms with van der Waals surface area (Å²) in [5.41, 5.74) is 1.47. The zero-order valence-corrected chi connectivity index (χ0v) is 11.5. The van der Waals surface area contributed by atoms with Gasteiger partial charge < -0.3 is 5.32 Å². The van der Waals surface area contributed by atoms with Crippen molar-refractivity contribution >= 4 is 10.8 Å². The number of hydrogen-bond donors (Lipinski definition) is 1. The lowest BCUT2D eigenvalue weighted by molar-refractivity contribution is 0.445. The van der Waals surface area contributed by atoms with Gasteiger partial charge in [0.25, 0.3) is 0 Å². The molecule has 0 aliphatic heterocycles. The molecular formula is C18H21N. The lowest BCUT2D eigenvalue weighted by atomic mass is 9.95. The second-order valence-corrected chi connectivity index (χ2v) is 6.21. The van der Waals surface area contributed by atoms with Crippen molar-refractivity contribution in [3.63, 3.8) is 0 Å². The van der Waals surface area contributed by atoms with E-state index < -0.39 is 0 Å². The number of hydrogen-bond acceptors (Lipinski definition) is 1. The highest BCUT2D eigenvalue weighted by atomic mass is 14.9. The Morgan fingerprint density at radius 3 is 2.47 bits per heavy atom. The summed E-state index contributed by atoms with van der Waals surface area (Å²) in [6, 6.07) is 16.2. The molecule has 0 radical (unpaired) electrons. The quantitative estimate of drug-likeness (QED) is 0.864. The van der Waals surface area contributed by atoms with E-state index in [2.05, 4.69) is 54.8 Å². The average Bonchev–Trinajstić information content (AvgIpc) is 2.92. The van der Waals surface area contributed by atoms with Crippen molar-refractivity contribution < 1.29 is 0 Å². The summed E-state index contributed by atoms with van der Waals surface area (Å²) in [4.78, 5) is 0. The Balaban J connectivity index is 1.68. The van der Waals surface area contributed by atoms with E-state index in [-0.39, 0.29) is 0 Å². The second-order valence-electron chi connectivity index (χ2n) is 6.21. The topological polar surface area (TPSA) is 12.0 Å². The van der Waals surface area contributed by atoms with Gasteiger partial charge in [0.15, 0.2) is 0 Å². The summed E-state index contributed by atoms with van der Waals surface area (Å²) in [6.45, 7) is 0. The molecule has 0 aromatic heterocycles. The Labute approximate surface area is 115 Å². The van der Waals surface area contributed by atoms with E-state index in [4.69, 9.17) is 0 Å². The van der Waals surface area contributed by atoms with Crippen LogP contribution < -0.4 is 5.32 Å². The van der Waals surface area contributed by atoms with Gasteiger partial charge in [0, 0.05) is 6.04 Å². The second kappa shape index (κ2) is 4.35. The molecule has 0 spiro atoms. The molecule has 19 heavy (non-hydrogen) atoms. The SMILES string of the molecule is CNC(c1ccc2ccccc2c1)C1C2CCCC21. The lowest BCUT2D eigenvalue weighted by Gasteiger charge is -2.19. The van der Waals surface area contributed by atoms with Gasteiger partial charge in [-0.25, -0.2) is 0 Å². The highest BCUT2D eigenvalue weighted by Gasteiger charge is 2.55. The van der Waals surface area contributed by atoms with E-state index in [0.717, 1.165) is 17.8 Å². The number of nitrogens with one attached hydrogen (secondary N) is 1. The summed E-state index contributed by atoms with van der Waals surface area (Å²) in [5, 5.41) is 6.28. The van der Waals surface area contributed by atoms with Crippen LogP contribution in [-0.2, 0) is 0 Å². The van der Waals surface area contributed by atoms with Gasteiger partial charge in [0.1, 0.15) is 0 Å². The predicted octanol–water partition coefficient (Wildman–Crippen LogP) is 4.15. The molecule has 2 aliphatic carbocycles. The molecule has 1 N–H and O–H groups in total. The number of rotatable bonds is 3. The summed E-state index contributed by atoms with van der Waals surface area (Å²) < 4.78 is 0. The monoisotopic (exact) mass is 251 g/mol. The molecule has 3 atom stereocenters. The van der Waals surface area contributed by atoms with Gasteiger partial charge in [-0.15, -0.1) is 0 Å². The van der Waals surface area contributed by atoms with Gasteiger partial charge in [-0.2, -0.15) is 0 Å². The Bertz CT molecular complexity index is 593. The van der Waals surface area contributed by atoms with E-state index in [1.165, 1.54) is 35.6 Å².